The van der Waals surface area contributed by atoms with E-state index in [2.05, 4.69) is 74.5 Å². The number of rotatable bonds is 13. The van der Waals surface area contributed by atoms with Gasteiger partial charge < -0.3 is 9.47 Å². The predicted molar refractivity (Wildman–Crippen MR) is 164 cm³/mol. The molecular formula is C35H38FO3P. The Labute approximate surface area is 239 Å². The van der Waals surface area contributed by atoms with E-state index in [-0.39, 0.29) is 26.3 Å². The molecule has 0 aliphatic carbocycles. The first-order chi connectivity index (χ1) is 19.4. The summed E-state index contributed by atoms with van der Waals surface area (Å²) in [4.78, 5) is 12.5. The standard InChI is InChI=1S/C35H38FO3P/c1-5-35(6-2,40-33-18-17-30(36)23-31(33)25(3)37)32-22-28(19-26-13-9-7-10-14-26)21-29(34(32)39-24-38-4)20-27-15-11-8-12-16-27/h7-18,21-23,40H,5-6,19-20,24H2,1-4H3. The average molecular weight is 557 g/mol. The van der Waals surface area contributed by atoms with Crippen LogP contribution in [0.4, 0.5) is 4.39 Å². The molecule has 0 radical (unpaired) electrons. The van der Waals surface area contributed by atoms with Crippen molar-refractivity contribution in [2.24, 2.45) is 0 Å². The molecule has 0 aromatic heterocycles. The fourth-order valence-electron chi connectivity index (χ4n) is 5.33. The summed E-state index contributed by atoms with van der Waals surface area (Å²) in [5, 5.41) is 0.567. The van der Waals surface area contributed by atoms with Crippen molar-refractivity contribution in [2.75, 3.05) is 13.9 Å². The molecule has 4 rings (SSSR count). The van der Waals surface area contributed by atoms with Gasteiger partial charge in [-0.2, -0.15) is 0 Å². The smallest absolute Gasteiger partial charge is 0.188 e. The molecule has 5 heteroatoms. The highest BCUT2D eigenvalue weighted by Crippen LogP contribution is 2.52. The molecule has 0 aliphatic heterocycles. The zero-order chi connectivity index (χ0) is 28.5. The maximum Gasteiger partial charge on any atom is 0.188 e. The largest absolute Gasteiger partial charge is 0.467 e. The molecule has 1 unspecified atom stereocenters. The van der Waals surface area contributed by atoms with Crippen molar-refractivity contribution in [2.45, 2.75) is 51.6 Å². The van der Waals surface area contributed by atoms with Gasteiger partial charge in [-0.05, 0) is 65.9 Å². The van der Waals surface area contributed by atoms with Crippen molar-refractivity contribution >= 4 is 19.7 Å². The maximum absolute atomic E-state index is 14.2. The number of hydrogen-bond donors (Lipinski definition) is 0. The Morgan fingerprint density at radius 2 is 1.45 bits per heavy atom. The summed E-state index contributed by atoms with van der Waals surface area (Å²) in [6, 6.07) is 30.0. The third kappa shape index (κ3) is 7.05. The number of carbonyl (C=O) groups is 1. The fraction of sp³-hybridized carbons (Fsp3) is 0.286. The highest BCUT2D eigenvalue weighted by atomic mass is 31.1. The monoisotopic (exact) mass is 556 g/mol. The van der Waals surface area contributed by atoms with Crippen molar-refractivity contribution in [1.29, 1.82) is 0 Å². The van der Waals surface area contributed by atoms with E-state index < -0.39 is 5.82 Å². The lowest BCUT2D eigenvalue weighted by molar-refractivity contribution is 0.0493. The summed E-state index contributed by atoms with van der Waals surface area (Å²) in [6.07, 6.45) is 3.18. The van der Waals surface area contributed by atoms with Crippen LogP contribution >= 0.6 is 8.58 Å². The predicted octanol–water partition coefficient (Wildman–Crippen LogP) is 8.21. The van der Waals surface area contributed by atoms with Crippen LogP contribution in [0.25, 0.3) is 0 Å². The third-order valence-corrected chi connectivity index (χ3v) is 9.65. The van der Waals surface area contributed by atoms with Gasteiger partial charge in [-0.25, -0.2) is 4.39 Å². The van der Waals surface area contributed by atoms with E-state index in [1.165, 1.54) is 35.7 Å². The van der Waals surface area contributed by atoms with Gasteiger partial charge in [-0.15, -0.1) is 0 Å². The van der Waals surface area contributed by atoms with Crippen LogP contribution in [0.3, 0.4) is 0 Å². The molecule has 1 atom stereocenters. The number of Topliss-reactive ketones (excluding diaryl/α,β-unsaturated/α-hetero) is 1. The summed E-state index contributed by atoms with van der Waals surface area (Å²) in [6.45, 7) is 6.02. The van der Waals surface area contributed by atoms with Gasteiger partial charge in [0.1, 0.15) is 11.6 Å². The van der Waals surface area contributed by atoms with Gasteiger partial charge >= 0.3 is 0 Å². The quantitative estimate of drug-likeness (QED) is 0.0946. The molecule has 40 heavy (non-hydrogen) atoms. The van der Waals surface area contributed by atoms with Crippen LogP contribution in [0.2, 0.25) is 0 Å². The number of methoxy groups -OCH3 is 1. The Bertz CT molecular complexity index is 1420. The highest BCUT2D eigenvalue weighted by molar-refractivity contribution is 7.48. The summed E-state index contributed by atoms with van der Waals surface area (Å²) < 4.78 is 25.9. The minimum Gasteiger partial charge on any atom is -0.467 e. The molecule has 0 saturated heterocycles. The second-order valence-corrected chi connectivity index (χ2v) is 11.9. The molecule has 0 heterocycles. The first-order valence-corrected chi connectivity index (χ1v) is 14.8. The molecule has 4 aromatic rings. The summed E-state index contributed by atoms with van der Waals surface area (Å²) >= 11 is 0. The molecule has 0 N–H and O–H groups in total. The zero-order valence-corrected chi connectivity index (χ0v) is 24.8. The van der Waals surface area contributed by atoms with E-state index in [9.17, 15) is 9.18 Å². The van der Waals surface area contributed by atoms with E-state index in [0.29, 0.717) is 5.56 Å². The second-order valence-electron chi connectivity index (χ2n) is 10.2. The van der Waals surface area contributed by atoms with Crippen LogP contribution in [-0.2, 0) is 22.7 Å². The summed E-state index contributed by atoms with van der Waals surface area (Å²) in [5.74, 6) is 0.322. The van der Waals surface area contributed by atoms with Gasteiger partial charge in [0.2, 0.25) is 0 Å². The average Bonchev–Trinajstić information content (AvgIpc) is 2.97. The van der Waals surface area contributed by atoms with E-state index >= 15 is 0 Å². The van der Waals surface area contributed by atoms with Crippen LogP contribution in [0.15, 0.2) is 91.0 Å². The second kappa shape index (κ2) is 13.8. The van der Waals surface area contributed by atoms with Gasteiger partial charge in [0, 0.05) is 29.8 Å². The lowest BCUT2D eigenvalue weighted by Crippen LogP contribution is -2.26. The van der Waals surface area contributed by atoms with Crippen molar-refractivity contribution in [1.82, 2.24) is 0 Å². The molecule has 0 aliphatic rings. The van der Waals surface area contributed by atoms with Gasteiger partial charge in [0.15, 0.2) is 12.6 Å². The number of ketones is 1. The van der Waals surface area contributed by atoms with Gasteiger partial charge in [-0.1, -0.05) is 101 Å². The molecular weight excluding hydrogens is 518 g/mol. The molecule has 3 nitrogen and oxygen atoms in total. The SMILES string of the molecule is CCC(CC)(Pc1ccc(F)cc1C(C)=O)c1cc(Cc2ccccc2)cc(Cc2ccccc2)c1OCOC. The lowest BCUT2D eigenvalue weighted by atomic mass is 9.86. The number of carbonyl (C=O) groups excluding carboxylic acids is 1. The van der Waals surface area contributed by atoms with Gasteiger partial charge in [0.25, 0.3) is 0 Å². The molecule has 0 fully saturated rings. The van der Waals surface area contributed by atoms with Crippen molar-refractivity contribution < 1.29 is 18.7 Å². The Morgan fingerprint density at radius 3 is 2.02 bits per heavy atom. The first kappa shape index (κ1) is 29.6. The molecule has 0 bridgehead atoms. The van der Waals surface area contributed by atoms with E-state index in [0.717, 1.165) is 47.9 Å². The molecule has 0 amide bonds. The molecule has 0 saturated carbocycles. The number of hydrogen-bond acceptors (Lipinski definition) is 3. The van der Waals surface area contributed by atoms with Gasteiger partial charge in [-0.3, -0.25) is 4.79 Å². The van der Waals surface area contributed by atoms with E-state index in [4.69, 9.17) is 9.47 Å². The summed E-state index contributed by atoms with van der Waals surface area (Å²) in [7, 11) is 1.88. The normalized spacial score (nSPS) is 11.7. The number of halogens is 1. The molecule has 4 aromatic carbocycles. The minimum absolute atomic E-state index is 0.124. The Balaban J connectivity index is 1.92. The molecule has 208 valence electrons. The third-order valence-electron chi connectivity index (χ3n) is 7.49. The van der Waals surface area contributed by atoms with Crippen molar-refractivity contribution in [3.05, 3.63) is 130 Å². The minimum atomic E-state index is -0.392. The Hall–Kier alpha value is -3.33. The Kier molecular flexibility index (Phi) is 10.3. The van der Waals surface area contributed by atoms with E-state index in [1.807, 2.05) is 12.1 Å². The maximum atomic E-state index is 14.2. The number of ether oxygens (including phenoxy) is 2. The molecule has 0 spiro atoms. The summed E-state index contributed by atoms with van der Waals surface area (Å²) in [5.41, 5.74) is 6.32. The topological polar surface area (TPSA) is 35.5 Å². The van der Waals surface area contributed by atoms with Crippen molar-refractivity contribution in [3.63, 3.8) is 0 Å². The van der Waals surface area contributed by atoms with Crippen LogP contribution in [0.1, 0.15) is 71.8 Å². The lowest BCUT2D eigenvalue weighted by Gasteiger charge is -2.36. The zero-order valence-electron chi connectivity index (χ0n) is 23.8. The Morgan fingerprint density at radius 1 is 0.825 bits per heavy atom. The fourth-order valence-corrected chi connectivity index (χ4v) is 7.07. The van der Waals surface area contributed by atoms with Crippen LogP contribution in [-0.4, -0.2) is 19.7 Å². The van der Waals surface area contributed by atoms with E-state index in [1.54, 1.807) is 13.2 Å². The number of benzene rings is 4. The van der Waals surface area contributed by atoms with Crippen LogP contribution < -0.4 is 10.0 Å². The van der Waals surface area contributed by atoms with Crippen molar-refractivity contribution in [3.8, 4) is 5.75 Å². The van der Waals surface area contributed by atoms with Crippen LogP contribution in [0.5, 0.6) is 5.75 Å². The van der Waals surface area contributed by atoms with Gasteiger partial charge in [0.05, 0.1) is 0 Å². The highest BCUT2D eigenvalue weighted by Gasteiger charge is 2.35. The first-order valence-electron chi connectivity index (χ1n) is 13.8. The van der Waals surface area contributed by atoms with Crippen LogP contribution in [0, 0.1) is 5.82 Å².